The molecule has 3 N–H and O–H groups in total. The summed E-state index contributed by atoms with van der Waals surface area (Å²) in [6.45, 7) is 5.98. The predicted octanol–water partition coefficient (Wildman–Crippen LogP) is 0.908. The van der Waals surface area contributed by atoms with Crippen LogP contribution in [0.2, 0.25) is 0 Å². The van der Waals surface area contributed by atoms with Gasteiger partial charge in [-0.25, -0.2) is 4.98 Å². The Balaban J connectivity index is 2.27. The lowest BCUT2D eigenvalue weighted by molar-refractivity contribution is 0.135. The van der Waals surface area contributed by atoms with Crippen molar-refractivity contribution < 1.29 is 5.11 Å². The van der Waals surface area contributed by atoms with Gasteiger partial charge in [-0.3, -0.25) is 0 Å². The van der Waals surface area contributed by atoms with E-state index in [1.807, 2.05) is 0 Å². The number of imidazole rings is 1. The average Bonchev–Trinajstić information content (AvgIpc) is 2.70. The lowest BCUT2D eigenvalue weighted by Crippen LogP contribution is -2.34. The summed E-state index contributed by atoms with van der Waals surface area (Å²) in [7, 11) is 0. The Bertz CT molecular complexity index is 242. The minimum Gasteiger partial charge on any atom is -0.396 e. The number of aliphatic hydroxyl groups excluding tert-OH is 1. The van der Waals surface area contributed by atoms with Crippen molar-refractivity contribution in [1.82, 2.24) is 15.3 Å². The molecule has 14 heavy (non-hydrogen) atoms. The largest absolute Gasteiger partial charge is 0.396 e. The molecule has 0 bridgehead atoms. The third-order valence-corrected chi connectivity index (χ3v) is 2.66. The van der Waals surface area contributed by atoms with Crippen molar-refractivity contribution in [2.45, 2.75) is 26.8 Å². The second-order valence-electron chi connectivity index (χ2n) is 4.00. The third-order valence-electron chi connectivity index (χ3n) is 2.66. The van der Waals surface area contributed by atoms with Crippen molar-refractivity contribution in [3.8, 4) is 0 Å². The molecule has 0 aromatic carbocycles. The van der Waals surface area contributed by atoms with Crippen LogP contribution in [0.15, 0.2) is 12.5 Å². The highest BCUT2D eigenvalue weighted by molar-refractivity contribution is 4.93. The molecule has 0 amide bonds. The second-order valence-corrected chi connectivity index (χ2v) is 4.00. The first-order valence-corrected chi connectivity index (χ1v) is 4.99. The predicted molar refractivity (Wildman–Crippen MR) is 55.8 cm³/mol. The Morgan fingerprint density at radius 1 is 1.64 bits per heavy atom. The van der Waals surface area contributed by atoms with Gasteiger partial charge >= 0.3 is 0 Å². The summed E-state index contributed by atoms with van der Waals surface area (Å²) in [6, 6.07) is 0. The Morgan fingerprint density at radius 2 is 2.43 bits per heavy atom. The van der Waals surface area contributed by atoms with Crippen LogP contribution in [-0.4, -0.2) is 28.2 Å². The molecule has 1 heterocycles. The van der Waals surface area contributed by atoms with Crippen LogP contribution in [0, 0.1) is 5.41 Å². The molecule has 0 aliphatic carbocycles. The van der Waals surface area contributed by atoms with E-state index >= 15 is 0 Å². The maximum atomic E-state index is 9.18. The van der Waals surface area contributed by atoms with Crippen LogP contribution in [0.25, 0.3) is 0 Å². The van der Waals surface area contributed by atoms with Crippen LogP contribution in [-0.2, 0) is 6.54 Å². The molecule has 1 rings (SSSR count). The van der Waals surface area contributed by atoms with Gasteiger partial charge in [0.15, 0.2) is 0 Å². The number of nitrogens with zero attached hydrogens (tertiary/aromatic N) is 1. The van der Waals surface area contributed by atoms with Crippen LogP contribution < -0.4 is 5.32 Å². The van der Waals surface area contributed by atoms with Gasteiger partial charge in [-0.15, -0.1) is 0 Å². The lowest BCUT2D eigenvalue weighted by atomic mass is 9.89. The number of aromatic nitrogens is 2. The first-order chi connectivity index (χ1) is 6.70. The van der Waals surface area contributed by atoms with E-state index in [2.05, 4.69) is 29.1 Å². The molecule has 0 radical (unpaired) electrons. The first kappa shape index (κ1) is 11.2. The van der Waals surface area contributed by atoms with Crippen LogP contribution in [0.1, 0.15) is 26.0 Å². The number of rotatable bonds is 6. The van der Waals surface area contributed by atoms with Crippen LogP contribution in [0.5, 0.6) is 0 Å². The van der Waals surface area contributed by atoms with Crippen molar-refractivity contribution >= 4 is 0 Å². The van der Waals surface area contributed by atoms with Gasteiger partial charge in [0, 0.05) is 37.0 Å². The summed E-state index contributed by atoms with van der Waals surface area (Å²) in [5.74, 6) is 0. The monoisotopic (exact) mass is 197 g/mol. The molecule has 0 aliphatic rings. The molecular formula is C10H19N3O. The fourth-order valence-corrected chi connectivity index (χ4v) is 1.17. The van der Waals surface area contributed by atoms with Crippen molar-refractivity contribution in [1.29, 1.82) is 0 Å². The van der Waals surface area contributed by atoms with E-state index in [0.29, 0.717) is 0 Å². The molecule has 1 aromatic heterocycles. The van der Waals surface area contributed by atoms with E-state index in [1.165, 1.54) is 0 Å². The summed E-state index contributed by atoms with van der Waals surface area (Å²) in [5.41, 5.74) is 1.06. The Labute approximate surface area is 84.8 Å². The number of hydrogen-bond donors (Lipinski definition) is 3. The standard InChI is InChI=1S/C10H19N3O/c1-3-10(2,7-14)6-11-4-9-5-12-8-13-9/h5,8,11,14H,3-4,6-7H2,1-2H3,(H,12,13). The van der Waals surface area contributed by atoms with Gasteiger partial charge < -0.3 is 15.4 Å². The Kier molecular flexibility index (Phi) is 4.10. The molecule has 80 valence electrons. The number of hydrogen-bond acceptors (Lipinski definition) is 3. The van der Waals surface area contributed by atoms with Gasteiger partial charge in [-0.1, -0.05) is 13.8 Å². The zero-order chi connectivity index (χ0) is 10.4. The molecule has 1 atom stereocenters. The minimum absolute atomic E-state index is 0.0139. The third kappa shape index (κ3) is 3.12. The highest BCUT2D eigenvalue weighted by Crippen LogP contribution is 2.18. The topological polar surface area (TPSA) is 60.9 Å². The molecule has 1 aromatic rings. The number of nitrogens with one attached hydrogen (secondary N) is 2. The van der Waals surface area contributed by atoms with Gasteiger partial charge in [-0.2, -0.15) is 0 Å². The smallest absolute Gasteiger partial charge is 0.0922 e. The van der Waals surface area contributed by atoms with Crippen molar-refractivity contribution in [2.24, 2.45) is 5.41 Å². The molecule has 0 aliphatic heterocycles. The number of aromatic amines is 1. The van der Waals surface area contributed by atoms with Crippen LogP contribution in [0.3, 0.4) is 0 Å². The molecule has 4 heteroatoms. The van der Waals surface area contributed by atoms with Gasteiger partial charge in [0.2, 0.25) is 0 Å². The van der Waals surface area contributed by atoms with E-state index < -0.39 is 0 Å². The van der Waals surface area contributed by atoms with Gasteiger partial charge in [0.1, 0.15) is 0 Å². The molecule has 1 unspecified atom stereocenters. The summed E-state index contributed by atoms with van der Waals surface area (Å²) in [6.07, 6.45) is 4.44. The molecule has 4 nitrogen and oxygen atoms in total. The summed E-state index contributed by atoms with van der Waals surface area (Å²) < 4.78 is 0. The maximum Gasteiger partial charge on any atom is 0.0922 e. The summed E-state index contributed by atoms with van der Waals surface area (Å²) in [4.78, 5) is 6.96. The molecule has 0 fully saturated rings. The van der Waals surface area contributed by atoms with Crippen molar-refractivity contribution in [2.75, 3.05) is 13.2 Å². The maximum absolute atomic E-state index is 9.18. The van der Waals surface area contributed by atoms with Gasteiger partial charge in [0.25, 0.3) is 0 Å². The van der Waals surface area contributed by atoms with Crippen molar-refractivity contribution in [3.05, 3.63) is 18.2 Å². The Morgan fingerprint density at radius 3 is 2.93 bits per heavy atom. The fourth-order valence-electron chi connectivity index (χ4n) is 1.17. The van der Waals surface area contributed by atoms with Crippen LogP contribution >= 0.6 is 0 Å². The van der Waals surface area contributed by atoms with Gasteiger partial charge in [0.05, 0.1) is 6.33 Å². The number of aliphatic hydroxyl groups is 1. The SMILES string of the molecule is CCC(C)(CO)CNCc1cnc[nH]1. The normalized spacial score (nSPS) is 15.4. The Hall–Kier alpha value is -0.870. The highest BCUT2D eigenvalue weighted by Gasteiger charge is 2.19. The zero-order valence-electron chi connectivity index (χ0n) is 8.88. The first-order valence-electron chi connectivity index (χ1n) is 4.99. The quantitative estimate of drug-likeness (QED) is 0.635. The summed E-state index contributed by atoms with van der Waals surface area (Å²) in [5, 5.41) is 12.5. The number of H-pyrrole nitrogens is 1. The van der Waals surface area contributed by atoms with Crippen molar-refractivity contribution in [3.63, 3.8) is 0 Å². The fraction of sp³-hybridized carbons (Fsp3) is 0.700. The average molecular weight is 197 g/mol. The van der Waals surface area contributed by atoms with E-state index in [0.717, 1.165) is 25.2 Å². The lowest BCUT2D eigenvalue weighted by Gasteiger charge is -2.25. The summed E-state index contributed by atoms with van der Waals surface area (Å²) >= 11 is 0. The van der Waals surface area contributed by atoms with E-state index in [9.17, 15) is 5.11 Å². The van der Waals surface area contributed by atoms with E-state index in [1.54, 1.807) is 12.5 Å². The molecule has 0 saturated carbocycles. The minimum atomic E-state index is -0.0139. The molecule has 0 saturated heterocycles. The highest BCUT2D eigenvalue weighted by atomic mass is 16.3. The zero-order valence-corrected chi connectivity index (χ0v) is 8.88. The van der Waals surface area contributed by atoms with E-state index in [4.69, 9.17) is 0 Å². The van der Waals surface area contributed by atoms with Crippen LogP contribution in [0.4, 0.5) is 0 Å². The second kappa shape index (κ2) is 5.12. The molecular weight excluding hydrogens is 178 g/mol. The van der Waals surface area contributed by atoms with E-state index in [-0.39, 0.29) is 12.0 Å². The van der Waals surface area contributed by atoms with Gasteiger partial charge in [-0.05, 0) is 6.42 Å². The molecule has 0 spiro atoms.